The summed E-state index contributed by atoms with van der Waals surface area (Å²) in [5.74, 6) is -0.327. The van der Waals surface area contributed by atoms with Crippen LogP contribution in [-0.4, -0.2) is 0 Å². The normalized spacial score (nSPS) is 10.2. The van der Waals surface area contributed by atoms with Crippen LogP contribution in [0.1, 0.15) is 12.0 Å². The van der Waals surface area contributed by atoms with E-state index in [0.717, 1.165) is 5.56 Å². The summed E-state index contributed by atoms with van der Waals surface area (Å²) >= 11 is 0. The van der Waals surface area contributed by atoms with Crippen molar-refractivity contribution < 1.29 is 4.39 Å². The minimum absolute atomic E-state index is 0.284. The minimum atomic E-state index is -1.10. The zero-order chi connectivity index (χ0) is 12.0. The maximum absolute atomic E-state index is 12.7. The Morgan fingerprint density at radius 2 is 1.81 bits per heavy atom. The molecule has 3 heteroatoms. The first-order valence-corrected chi connectivity index (χ1v) is 4.83. The van der Waals surface area contributed by atoms with Gasteiger partial charge in [0.1, 0.15) is 5.82 Å². The van der Waals surface area contributed by atoms with E-state index in [2.05, 4.69) is 6.58 Å². The number of hydrogen-bond donors (Lipinski definition) is 0. The van der Waals surface area contributed by atoms with Gasteiger partial charge in [0.25, 0.3) is 0 Å². The van der Waals surface area contributed by atoms with Gasteiger partial charge in [-0.05, 0) is 24.1 Å². The van der Waals surface area contributed by atoms with E-state index in [4.69, 9.17) is 10.5 Å². The number of allylic oxidation sites excluding steroid dienone is 1. The van der Waals surface area contributed by atoms with Gasteiger partial charge in [0.05, 0.1) is 12.1 Å². The van der Waals surface area contributed by atoms with Crippen LogP contribution in [0, 0.1) is 33.9 Å². The predicted molar refractivity (Wildman–Crippen MR) is 58.6 cm³/mol. The Hall–Kier alpha value is -2.13. The number of benzene rings is 1. The van der Waals surface area contributed by atoms with Crippen molar-refractivity contribution in [1.29, 1.82) is 10.5 Å². The van der Waals surface area contributed by atoms with E-state index >= 15 is 0 Å². The van der Waals surface area contributed by atoms with Crippen molar-refractivity contribution in [2.24, 2.45) is 5.41 Å². The molecule has 0 aliphatic rings. The SMILES string of the molecule is C=CCC(C#N)(C#N)Cc1ccc(F)cc1. The number of nitriles is 2. The van der Waals surface area contributed by atoms with Gasteiger partial charge in [-0.1, -0.05) is 18.2 Å². The molecule has 0 aromatic heterocycles. The zero-order valence-electron chi connectivity index (χ0n) is 8.78. The maximum atomic E-state index is 12.7. The second-order valence-corrected chi connectivity index (χ2v) is 3.60. The summed E-state index contributed by atoms with van der Waals surface area (Å²) in [6.45, 7) is 3.53. The van der Waals surface area contributed by atoms with Gasteiger partial charge in [-0.2, -0.15) is 10.5 Å². The summed E-state index contributed by atoms with van der Waals surface area (Å²) in [5, 5.41) is 18.1. The smallest absolute Gasteiger partial charge is 0.151 e. The average Bonchev–Trinajstić information content (AvgIpc) is 2.31. The number of hydrogen-bond acceptors (Lipinski definition) is 2. The molecule has 0 unspecified atom stereocenters. The fourth-order valence-corrected chi connectivity index (χ4v) is 1.46. The third-order valence-electron chi connectivity index (χ3n) is 2.34. The highest BCUT2D eigenvalue weighted by Gasteiger charge is 2.28. The Labute approximate surface area is 94.2 Å². The third-order valence-corrected chi connectivity index (χ3v) is 2.34. The van der Waals surface area contributed by atoms with Crippen molar-refractivity contribution in [2.75, 3.05) is 0 Å². The lowest BCUT2D eigenvalue weighted by atomic mass is 9.81. The van der Waals surface area contributed by atoms with Crippen molar-refractivity contribution in [1.82, 2.24) is 0 Å². The fraction of sp³-hybridized carbons (Fsp3) is 0.231. The summed E-state index contributed by atoms with van der Waals surface area (Å²) < 4.78 is 12.7. The number of halogens is 1. The monoisotopic (exact) mass is 214 g/mol. The molecule has 0 saturated heterocycles. The standard InChI is InChI=1S/C13H11FN2/c1-2-7-13(9-15,10-16)8-11-3-5-12(14)6-4-11/h2-6H,1,7-8H2. The van der Waals surface area contributed by atoms with E-state index in [1.165, 1.54) is 12.1 Å². The molecule has 0 bridgehead atoms. The summed E-state index contributed by atoms with van der Waals surface area (Å²) in [4.78, 5) is 0. The Morgan fingerprint density at radius 3 is 2.25 bits per heavy atom. The van der Waals surface area contributed by atoms with Crippen LogP contribution in [0.2, 0.25) is 0 Å². The molecule has 0 atom stereocenters. The molecule has 0 radical (unpaired) electrons. The van der Waals surface area contributed by atoms with Gasteiger partial charge < -0.3 is 0 Å². The van der Waals surface area contributed by atoms with Crippen LogP contribution in [0.25, 0.3) is 0 Å². The molecule has 0 saturated carbocycles. The molecule has 1 aromatic rings. The molecule has 2 nitrogen and oxygen atoms in total. The second kappa shape index (κ2) is 5.09. The van der Waals surface area contributed by atoms with Gasteiger partial charge in [0.15, 0.2) is 5.41 Å². The van der Waals surface area contributed by atoms with Crippen LogP contribution in [0.15, 0.2) is 36.9 Å². The van der Waals surface area contributed by atoms with Crippen molar-refractivity contribution in [2.45, 2.75) is 12.8 Å². The predicted octanol–water partition coefficient (Wildman–Crippen LogP) is 2.98. The van der Waals surface area contributed by atoms with E-state index in [-0.39, 0.29) is 12.2 Å². The van der Waals surface area contributed by atoms with Crippen molar-refractivity contribution >= 4 is 0 Å². The van der Waals surface area contributed by atoms with E-state index in [9.17, 15) is 4.39 Å². The molecular weight excluding hydrogens is 203 g/mol. The second-order valence-electron chi connectivity index (χ2n) is 3.60. The average molecular weight is 214 g/mol. The van der Waals surface area contributed by atoms with Crippen molar-refractivity contribution in [3.63, 3.8) is 0 Å². The summed E-state index contributed by atoms with van der Waals surface area (Å²) in [5.41, 5.74) is -0.328. The molecule has 16 heavy (non-hydrogen) atoms. The molecule has 0 aliphatic carbocycles. The number of rotatable bonds is 4. The lowest BCUT2D eigenvalue weighted by molar-refractivity contribution is 0.526. The first-order chi connectivity index (χ1) is 7.65. The lowest BCUT2D eigenvalue weighted by Gasteiger charge is -2.16. The molecule has 0 amide bonds. The highest BCUT2D eigenvalue weighted by Crippen LogP contribution is 2.26. The maximum Gasteiger partial charge on any atom is 0.151 e. The Morgan fingerprint density at radius 1 is 1.25 bits per heavy atom. The van der Waals surface area contributed by atoms with E-state index in [0.29, 0.717) is 6.42 Å². The number of nitrogens with zero attached hydrogens (tertiary/aromatic N) is 2. The van der Waals surface area contributed by atoms with Gasteiger partial charge in [0.2, 0.25) is 0 Å². The van der Waals surface area contributed by atoms with Gasteiger partial charge in [-0.15, -0.1) is 6.58 Å². The minimum Gasteiger partial charge on any atom is -0.207 e. The van der Waals surface area contributed by atoms with Gasteiger partial charge in [0, 0.05) is 6.42 Å². The molecule has 0 aliphatic heterocycles. The van der Waals surface area contributed by atoms with E-state index in [1.54, 1.807) is 18.2 Å². The molecule has 1 aromatic carbocycles. The first-order valence-electron chi connectivity index (χ1n) is 4.83. The van der Waals surface area contributed by atoms with Crippen LogP contribution in [0.5, 0.6) is 0 Å². The highest BCUT2D eigenvalue weighted by atomic mass is 19.1. The van der Waals surface area contributed by atoms with Crippen molar-refractivity contribution in [3.05, 3.63) is 48.3 Å². The van der Waals surface area contributed by atoms with Crippen LogP contribution in [-0.2, 0) is 6.42 Å². The highest BCUT2D eigenvalue weighted by molar-refractivity contribution is 5.25. The Balaban J connectivity index is 2.93. The zero-order valence-corrected chi connectivity index (χ0v) is 8.78. The fourth-order valence-electron chi connectivity index (χ4n) is 1.46. The first kappa shape index (κ1) is 11.9. The molecule has 0 heterocycles. The third kappa shape index (κ3) is 2.68. The van der Waals surface area contributed by atoms with Crippen LogP contribution >= 0.6 is 0 Å². The molecule has 0 N–H and O–H groups in total. The van der Waals surface area contributed by atoms with Gasteiger partial charge in [-0.25, -0.2) is 4.39 Å². The van der Waals surface area contributed by atoms with Crippen molar-refractivity contribution in [3.8, 4) is 12.1 Å². The van der Waals surface area contributed by atoms with Crippen LogP contribution in [0.3, 0.4) is 0 Å². The topological polar surface area (TPSA) is 47.6 Å². The quantitative estimate of drug-likeness (QED) is 0.723. The summed E-state index contributed by atoms with van der Waals surface area (Å²) in [6.07, 6.45) is 2.14. The molecular formula is C13H11FN2. The largest absolute Gasteiger partial charge is 0.207 e. The molecule has 0 fully saturated rings. The van der Waals surface area contributed by atoms with Gasteiger partial charge in [-0.3, -0.25) is 0 Å². The Kier molecular flexibility index (Phi) is 3.80. The van der Waals surface area contributed by atoms with Gasteiger partial charge >= 0.3 is 0 Å². The van der Waals surface area contributed by atoms with Crippen LogP contribution < -0.4 is 0 Å². The summed E-state index contributed by atoms with van der Waals surface area (Å²) in [7, 11) is 0. The molecule has 0 spiro atoms. The molecule has 80 valence electrons. The Bertz CT molecular complexity index is 434. The molecule has 1 rings (SSSR count). The summed E-state index contributed by atoms with van der Waals surface area (Å²) in [6, 6.07) is 9.82. The van der Waals surface area contributed by atoms with Crippen LogP contribution in [0.4, 0.5) is 4.39 Å². The lowest BCUT2D eigenvalue weighted by Crippen LogP contribution is -2.18. The van der Waals surface area contributed by atoms with E-state index < -0.39 is 5.41 Å². The van der Waals surface area contributed by atoms with E-state index in [1.807, 2.05) is 12.1 Å².